The van der Waals surface area contributed by atoms with E-state index in [1.165, 1.54) is 11.7 Å². The summed E-state index contributed by atoms with van der Waals surface area (Å²) in [5.41, 5.74) is 10.7. The van der Waals surface area contributed by atoms with Crippen LogP contribution in [0.1, 0.15) is 42.1 Å². The lowest BCUT2D eigenvalue weighted by Crippen LogP contribution is -2.34. The number of aromatic carboxylic acids is 1. The van der Waals surface area contributed by atoms with E-state index in [2.05, 4.69) is 0 Å². The van der Waals surface area contributed by atoms with Gasteiger partial charge in [0, 0.05) is 31.7 Å². The number of hydrogen-bond acceptors (Lipinski definition) is 6. The number of pyridine rings is 1. The molecule has 0 radical (unpaired) electrons. The molecule has 3 aliphatic rings. The summed E-state index contributed by atoms with van der Waals surface area (Å²) in [6.45, 7) is 1.05. The Labute approximate surface area is 182 Å². The summed E-state index contributed by atoms with van der Waals surface area (Å²) in [4.78, 5) is 26.4. The third-order valence-corrected chi connectivity index (χ3v) is 7.10. The van der Waals surface area contributed by atoms with E-state index in [9.17, 15) is 19.1 Å². The summed E-state index contributed by atoms with van der Waals surface area (Å²) in [6.07, 6.45) is 3.09. The molecule has 1 aromatic carbocycles. The van der Waals surface area contributed by atoms with Crippen molar-refractivity contribution in [2.75, 3.05) is 30.8 Å². The minimum atomic E-state index is -1.49. The zero-order valence-corrected chi connectivity index (χ0v) is 17.7. The van der Waals surface area contributed by atoms with Crippen molar-refractivity contribution in [1.29, 1.82) is 0 Å². The number of ether oxygens (including phenoxy) is 1. The molecule has 8 nitrogen and oxygen atoms in total. The van der Waals surface area contributed by atoms with Crippen molar-refractivity contribution >= 4 is 28.2 Å². The number of benzene rings is 1. The molecular weight excluding hydrogens is 422 g/mol. The van der Waals surface area contributed by atoms with Crippen LogP contribution in [0.2, 0.25) is 0 Å². The van der Waals surface area contributed by atoms with Gasteiger partial charge >= 0.3 is 5.97 Å². The predicted octanol–water partition coefficient (Wildman–Crippen LogP) is 2.28. The van der Waals surface area contributed by atoms with Crippen LogP contribution in [0.15, 0.2) is 11.0 Å². The van der Waals surface area contributed by atoms with Gasteiger partial charge in [-0.3, -0.25) is 4.79 Å². The molecule has 2 aromatic rings. The van der Waals surface area contributed by atoms with Crippen LogP contribution in [0, 0.1) is 17.7 Å². The molecule has 2 heterocycles. The van der Waals surface area contributed by atoms with Gasteiger partial charge in [0.25, 0.3) is 0 Å². The average molecular weight is 448 g/mol. The molecule has 5 N–H and O–H groups in total. The second kappa shape index (κ2) is 7.33. The highest BCUT2D eigenvalue weighted by atomic mass is 19.1. The van der Waals surface area contributed by atoms with Crippen molar-refractivity contribution in [3.63, 3.8) is 0 Å². The monoisotopic (exact) mass is 448 g/mol. The number of carboxylic acids is 1. The molecule has 2 saturated carbocycles. The number of rotatable bonds is 6. The number of hydrogen-bond donors (Lipinski definition) is 3. The number of nitrogens with two attached hydrogens (primary N) is 2. The number of fused-ring (bicyclic) bond motifs is 1. The van der Waals surface area contributed by atoms with Gasteiger partial charge in [-0.1, -0.05) is 0 Å². The normalized spacial score (nSPS) is 25.9. The zero-order valence-electron chi connectivity index (χ0n) is 17.7. The van der Waals surface area contributed by atoms with Crippen molar-refractivity contribution < 1.29 is 23.4 Å². The largest absolute Gasteiger partial charge is 0.492 e. The average Bonchev–Trinajstić information content (AvgIpc) is 3.68. The molecule has 10 heteroatoms. The third-order valence-electron chi connectivity index (χ3n) is 7.10. The standard InChI is InChI=1S/C22H26F2N4O4/c1-32-21-18-14(20(29)11(22(30)31)8-28(18)13-6-12(13)23)17(26)15(24)19(21)27-5-4-10(7-27)16(25)9-2-3-9/h8-10,12-13,16H,2-7,25-26H2,1H3,(H,30,31)/t10-,12+,13-,16+/m1/s1. The van der Waals surface area contributed by atoms with Crippen molar-refractivity contribution in [3.05, 3.63) is 27.8 Å². The van der Waals surface area contributed by atoms with Gasteiger partial charge in [0.2, 0.25) is 5.43 Å². The van der Waals surface area contributed by atoms with Crippen LogP contribution in [0.4, 0.5) is 20.2 Å². The molecule has 3 fully saturated rings. The minimum Gasteiger partial charge on any atom is -0.492 e. The van der Waals surface area contributed by atoms with Crippen LogP contribution in [0.25, 0.3) is 10.9 Å². The third kappa shape index (κ3) is 3.11. The van der Waals surface area contributed by atoms with E-state index in [1.807, 2.05) is 4.90 Å². The number of nitrogens with zero attached hydrogens (tertiary/aromatic N) is 2. The van der Waals surface area contributed by atoms with Gasteiger partial charge in [-0.15, -0.1) is 0 Å². The summed E-state index contributed by atoms with van der Waals surface area (Å²) < 4.78 is 36.6. The lowest BCUT2D eigenvalue weighted by molar-refractivity contribution is 0.0694. The molecule has 0 spiro atoms. The van der Waals surface area contributed by atoms with Gasteiger partial charge in [0.05, 0.1) is 29.7 Å². The first-order valence-corrected chi connectivity index (χ1v) is 10.9. The van der Waals surface area contributed by atoms with E-state index in [4.69, 9.17) is 16.2 Å². The maximum atomic E-state index is 15.6. The fraction of sp³-hybridized carbons (Fsp3) is 0.545. The number of aromatic nitrogens is 1. The number of nitrogen functional groups attached to an aromatic ring is 1. The Morgan fingerprint density at radius 3 is 2.56 bits per heavy atom. The van der Waals surface area contributed by atoms with Crippen LogP contribution in [0.3, 0.4) is 0 Å². The highest BCUT2D eigenvalue weighted by Crippen LogP contribution is 2.48. The first-order valence-electron chi connectivity index (χ1n) is 10.9. The van der Waals surface area contributed by atoms with Crippen molar-refractivity contribution in [2.45, 2.75) is 43.9 Å². The number of halogens is 2. The molecule has 172 valence electrons. The lowest BCUT2D eigenvalue weighted by atomic mass is 9.96. The van der Waals surface area contributed by atoms with Crippen molar-refractivity contribution in [2.24, 2.45) is 17.6 Å². The Morgan fingerprint density at radius 1 is 1.31 bits per heavy atom. The van der Waals surface area contributed by atoms with E-state index >= 15 is 4.39 Å². The number of anilines is 2. The maximum absolute atomic E-state index is 15.6. The minimum absolute atomic E-state index is 0.0434. The summed E-state index contributed by atoms with van der Waals surface area (Å²) in [5.74, 6) is -1.57. The summed E-state index contributed by atoms with van der Waals surface area (Å²) in [5, 5.41) is 9.17. The predicted molar refractivity (Wildman–Crippen MR) is 116 cm³/mol. The highest BCUT2D eigenvalue weighted by Gasteiger charge is 2.43. The summed E-state index contributed by atoms with van der Waals surface area (Å²) >= 11 is 0. The maximum Gasteiger partial charge on any atom is 0.341 e. The quantitative estimate of drug-likeness (QED) is 0.579. The molecule has 0 amide bonds. The van der Waals surface area contributed by atoms with Gasteiger partial charge in [-0.2, -0.15) is 0 Å². The molecule has 4 atom stereocenters. The van der Waals surface area contributed by atoms with Gasteiger partial charge in [-0.25, -0.2) is 13.6 Å². The van der Waals surface area contributed by atoms with Crippen LogP contribution >= 0.6 is 0 Å². The summed E-state index contributed by atoms with van der Waals surface area (Å²) in [6, 6.07) is -0.626. The van der Waals surface area contributed by atoms with E-state index in [-0.39, 0.29) is 40.7 Å². The summed E-state index contributed by atoms with van der Waals surface area (Å²) in [7, 11) is 1.34. The Balaban J connectivity index is 1.71. The number of carbonyl (C=O) groups is 1. The molecule has 32 heavy (non-hydrogen) atoms. The van der Waals surface area contributed by atoms with Crippen LogP contribution in [-0.4, -0.2) is 48.1 Å². The van der Waals surface area contributed by atoms with Crippen molar-refractivity contribution in [1.82, 2.24) is 4.57 Å². The van der Waals surface area contributed by atoms with Crippen LogP contribution in [-0.2, 0) is 0 Å². The van der Waals surface area contributed by atoms with Gasteiger partial charge < -0.3 is 30.8 Å². The second-order valence-electron chi connectivity index (χ2n) is 9.15. The Bertz CT molecular complexity index is 1180. The van der Waals surface area contributed by atoms with Gasteiger partial charge in [0.15, 0.2) is 11.6 Å². The van der Waals surface area contributed by atoms with E-state index < -0.39 is 40.7 Å². The molecule has 0 unspecified atom stereocenters. The van der Waals surface area contributed by atoms with E-state index in [0.717, 1.165) is 25.5 Å². The topological polar surface area (TPSA) is 124 Å². The number of alkyl halides is 1. The molecule has 1 aliphatic heterocycles. The van der Waals surface area contributed by atoms with E-state index in [1.54, 1.807) is 0 Å². The first-order chi connectivity index (χ1) is 15.2. The van der Waals surface area contributed by atoms with Gasteiger partial charge in [0.1, 0.15) is 17.4 Å². The fourth-order valence-corrected chi connectivity index (χ4v) is 5.06. The van der Waals surface area contributed by atoms with E-state index in [0.29, 0.717) is 19.0 Å². The molecule has 1 aromatic heterocycles. The molecule has 0 bridgehead atoms. The SMILES string of the molecule is COc1c(N2CC[C@@H]([C@@H](N)C3CC3)C2)c(F)c(N)c2c(=O)c(C(=O)O)cn([C@@H]3C[C@@H]3F)c12. The molecule has 2 aliphatic carbocycles. The molecular formula is C22H26F2N4O4. The first kappa shape index (κ1) is 21.0. The zero-order chi connectivity index (χ0) is 22.9. The second-order valence-corrected chi connectivity index (χ2v) is 9.15. The van der Waals surface area contributed by atoms with Crippen molar-refractivity contribution in [3.8, 4) is 5.75 Å². The van der Waals surface area contributed by atoms with Crippen LogP contribution in [0.5, 0.6) is 5.75 Å². The van der Waals surface area contributed by atoms with Crippen LogP contribution < -0.4 is 26.5 Å². The number of methoxy groups -OCH3 is 1. The fourth-order valence-electron chi connectivity index (χ4n) is 5.06. The smallest absolute Gasteiger partial charge is 0.341 e. The number of carboxylic acid groups (broad SMARTS) is 1. The lowest BCUT2D eigenvalue weighted by Gasteiger charge is -2.26. The Kier molecular flexibility index (Phi) is 4.81. The molecule has 5 rings (SSSR count). The Hall–Kier alpha value is -2.88. The highest BCUT2D eigenvalue weighted by molar-refractivity contribution is 6.03. The molecule has 1 saturated heterocycles. The van der Waals surface area contributed by atoms with Gasteiger partial charge in [-0.05, 0) is 31.1 Å². The Morgan fingerprint density at radius 2 is 2.00 bits per heavy atom.